The molecule has 0 heterocycles. The molecule has 20 heavy (non-hydrogen) atoms. The van der Waals surface area contributed by atoms with Crippen molar-refractivity contribution in [3.8, 4) is 0 Å². The van der Waals surface area contributed by atoms with Crippen molar-refractivity contribution >= 4 is 21.7 Å². The highest BCUT2D eigenvalue weighted by Crippen LogP contribution is 2.10. The quantitative estimate of drug-likeness (QED) is 0.396. The standard InChI is InChI=1S/C13H22N4O2S/c1-3-11-6-5-7-12(10-11)17-13(14)15-8-9-16-20(18,19)4-2/h5-7,10,16H,3-4,8-9H2,1-2H3,(H3,14,15,17). The van der Waals surface area contributed by atoms with E-state index in [9.17, 15) is 8.42 Å². The van der Waals surface area contributed by atoms with Crippen LogP contribution in [0.1, 0.15) is 19.4 Å². The third-order valence-corrected chi connectivity index (χ3v) is 4.11. The SMILES string of the molecule is CCc1cccc(NC(N)=NCCNS(=O)(=O)CC)c1. The fourth-order valence-electron chi connectivity index (χ4n) is 1.54. The Morgan fingerprint density at radius 1 is 1.35 bits per heavy atom. The number of guanidine groups is 1. The van der Waals surface area contributed by atoms with Gasteiger partial charge in [0.1, 0.15) is 0 Å². The predicted molar refractivity (Wildman–Crippen MR) is 83.4 cm³/mol. The van der Waals surface area contributed by atoms with Gasteiger partial charge in [-0.25, -0.2) is 13.1 Å². The van der Waals surface area contributed by atoms with Gasteiger partial charge in [-0.15, -0.1) is 0 Å². The second-order valence-corrected chi connectivity index (χ2v) is 6.34. The first kappa shape index (κ1) is 16.5. The van der Waals surface area contributed by atoms with Crippen LogP contribution in [0.25, 0.3) is 0 Å². The van der Waals surface area contributed by atoms with E-state index in [1.807, 2.05) is 24.3 Å². The molecule has 1 rings (SSSR count). The highest BCUT2D eigenvalue weighted by molar-refractivity contribution is 7.89. The van der Waals surface area contributed by atoms with Crippen LogP contribution >= 0.6 is 0 Å². The average molecular weight is 298 g/mol. The number of nitrogens with one attached hydrogen (secondary N) is 2. The lowest BCUT2D eigenvalue weighted by Crippen LogP contribution is -2.29. The Bertz CT molecular complexity index is 555. The largest absolute Gasteiger partial charge is 0.370 e. The number of aliphatic imine (C=N–C) groups is 1. The van der Waals surface area contributed by atoms with Crippen LogP contribution < -0.4 is 15.8 Å². The Kier molecular flexibility index (Phi) is 6.47. The molecule has 0 aliphatic heterocycles. The van der Waals surface area contributed by atoms with Crippen molar-refractivity contribution in [2.24, 2.45) is 10.7 Å². The van der Waals surface area contributed by atoms with Crippen LogP contribution in [0, 0.1) is 0 Å². The molecule has 0 radical (unpaired) electrons. The van der Waals surface area contributed by atoms with Gasteiger partial charge in [0, 0.05) is 12.2 Å². The highest BCUT2D eigenvalue weighted by Gasteiger charge is 2.04. The molecule has 0 spiro atoms. The van der Waals surface area contributed by atoms with E-state index in [1.165, 1.54) is 5.56 Å². The van der Waals surface area contributed by atoms with Gasteiger partial charge < -0.3 is 11.1 Å². The van der Waals surface area contributed by atoms with Gasteiger partial charge in [0.2, 0.25) is 10.0 Å². The topological polar surface area (TPSA) is 96.6 Å². The lowest BCUT2D eigenvalue weighted by Gasteiger charge is -2.07. The van der Waals surface area contributed by atoms with Crippen molar-refractivity contribution in [3.63, 3.8) is 0 Å². The zero-order valence-electron chi connectivity index (χ0n) is 11.9. The molecule has 0 saturated carbocycles. The molecule has 7 heteroatoms. The Balaban J connectivity index is 2.45. The summed E-state index contributed by atoms with van der Waals surface area (Å²) in [5, 5.41) is 2.98. The van der Waals surface area contributed by atoms with Crippen molar-refractivity contribution in [3.05, 3.63) is 29.8 Å². The Hall–Kier alpha value is -1.60. The highest BCUT2D eigenvalue weighted by atomic mass is 32.2. The van der Waals surface area contributed by atoms with Crippen LogP contribution in [0.4, 0.5) is 5.69 Å². The molecule has 0 fully saturated rings. The summed E-state index contributed by atoms with van der Waals surface area (Å²) in [6.07, 6.45) is 0.950. The zero-order chi connectivity index (χ0) is 15.0. The number of hydrogen-bond acceptors (Lipinski definition) is 3. The normalized spacial score (nSPS) is 12.4. The lowest BCUT2D eigenvalue weighted by molar-refractivity contribution is 0.583. The minimum Gasteiger partial charge on any atom is -0.370 e. The summed E-state index contributed by atoms with van der Waals surface area (Å²) in [6.45, 7) is 4.21. The minimum absolute atomic E-state index is 0.0637. The van der Waals surface area contributed by atoms with Gasteiger partial charge in [-0.1, -0.05) is 19.1 Å². The fourth-order valence-corrected chi connectivity index (χ4v) is 2.14. The van der Waals surface area contributed by atoms with E-state index in [-0.39, 0.29) is 18.3 Å². The molecule has 0 atom stereocenters. The molecule has 6 nitrogen and oxygen atoms in total. The third-order valence-electron chi connectivity index (χ3n) is 2.70. The van der Waals surface area contributed by atoms with Gasteiger partial charge in [0.25, 0.3) is 0 Å². The Morgan fingerprint density at radius 3 is 2.75 bits per heavy atom. The van der Waals surface area contributed by atoms with Gasteiger partial charge in [0.15, 0.2) is 5.96 Å². The van der Waals surface area contributed by atoms with E-state index < -0.39 is 10.0 Å². The Morgan fingerprint density at radius 2 is 2.10 bits per heavy atom. The summed E-state index contributed by atoms with van der Waals surface area (Å²) in [5.41, 5.74) is 7.82. The average Bonchev–Trinajstić information content (AvgIpc) is 2.44. The smallest absolute Gasteiger partial charge is 0.211 e. The number of anilines is 1. The van der Waals surface area contributed by atoms with Crippen LogP contribution in [0.15, 0.2) is 29.3 Å². The van der Waals surface area contributed by atoms with Crippen molar-refractivity contribution in [2.75, 3.05) is 24.2 Å². The van der Waals surface area contributed by atoms with Crippen LogP contribution in [0.3, 0.4) is 0 Å². The van der Waals surface area contributed by atoms with Crippen molar-refractivity contribution in [1.82, 2.24) is 4.72 Å². The third kappa shape index (κ3) is 6.03. The van der Waals surface area contributed by atoms with Gasteiger partial charge in [-0.3, -0.25) is 4.99 Å². The lowest BCUT2D eigenvalue weighted by atomic mass is 10.1. The molecule has 0 saturated heterocycles. The van der Waals surface area contributed by atoms with E-state index in [2.05, 4.69) is 22.0 Å². The monoisotopic (exact) mass is 298 g/mol. The minimum atomic E-state index is -3.17. The molecule has 1 aromatic rings. The fraction of sp³-hybridized carbons (Fsp3) is 0.462. The molecule has 0 aromatic heterocycles. The van der Waals surface area contributed by atoms with Crippen molar-refractivity contribution in [1.29, 1.82) is 0 Å². The summed E-state index contributed by atoms with van der Waals surface area (Å²) < 4.78 is 24.8. The Labute approximate surface area is 120 Å². The van der Waals surface area contributed by atoms with E-state index in [0.717, 1.165) is 12.1 Å². The van der Waals surface area contributed by atoms with E-state index >= 15 is 0 Å². The van der Waals surface area contributed by atoms with E-state index in [0.29, 0.717) is 6.54 Å². The van der Waals surface area contributed by atoms with E-state index in [4.69, 9.17) is 5.73 Å². The maximum absolute atomic E-state index is 11.2. The summed E-state index contributed by atoms with van der Waals surface area (Å²) in [5.74, 6) is 0.336. The first-order valence-corrected chi connectivity index (χ1v) is 8.25. The van der Waals surface area contributed by atoms with Crippen molar-refractivity contribution in [2.45, 2.75) is 20.3 Å². The molecule has 112 valence electrons. The number of nitrogens with two attached hydrogens (primary N) is 1. The number of aryl methyl sites for hydroxylation is 1. The zero-order valence-corrected chi connectivity index (χ0v) is 12.7. The van der Waals surface area contributed by atoms with Crippen LogP contribution in [-0.2, 0) is 16.4 Å². The first-order chi connectivity index (χ1) is 9.46. The van der Waals surface area contributed by atoms with Gasteiger partial charge >= 0.3 is 0 Å². The molecule has 0 unspecified atom stereocenters. The maximum Gasteiger partial charge on any atom is 0.211 e. The molecule has 0 aliphatic rings. The van der Waals surface area contributed by atoms with Crippen LogP contribution in [0.2, 0.25) is 0 Å². The number of nitrogens with zero attached hydrogens (tertiary/aromatic N) is 1. The molecule has 4 N–H and O–H groups in total. The molecular formula is C13H22N4O2S. The summed E-state index contributed by atoms with van der Waals surface area (Å²) in [4.78, 5) is 4.07. The molecule has 0 amide bonds. The van der Waals surface area contributed by atoms with Crippen molar-refractivity contribution < 1.29 is 8.42 Å². The van der Waals surface area contributed by atoms with E-state index in [1.54, 1.807) is 6.92 Å². The number of hydrogen-bond donors (Lipinski definition) is 3. The molecule has 0 aliphatic carbocycles. The second kappa shape index (κ2) is 7.86. The van der Waals surface area contributed by atoms with Gasteiger partial charge in [-0.2, -0.15) is 0 Å². The first-order valence-electron chi connectivity index (χ1n) is 6.60. The van der Waals surface area contributed by atoms with Crippen LogP contribution in [0.5, 0.6) is 0 Å². The summed E-state index contributed by atoms with van der Waals surface area (Å²) in [7, 11) is -3.17. The molecule has 1 aromatic carbocycles. The molecular weight excluding hydrogens is 276 g/mol. The maximum atomic E-state index is 11.2. The van der Waals surface area contributed by atoms with Gasteiger partial charge in [-0.05, 0) is 31.0 Å². The second-order valence-electron chi connectivity index (χ2n) is 4.24. The summed E-state index contributed by atoms with van der Waals surface area (Å²) in [6, 6.07) is 7.89. The number of benzene rings is 1. The summed E-state index contributed by atoms with van der Waals surface area (Å²) >= 11 is 0. The number of rotatable bonds is 7. The number of sulfonamides is 1. The predicted octanol–water partition coefficient (Wildman–Crippen LogP) is 0.915. The van der Waals surface area contributed by atoms with Crippen LogP contribution in [-0.4, -0.2) is 33.2 Å². The molecule has 0 bridgehead atoms. The van der Waals surface area contributed by atoms with Gasteiger partial charge in [0.05, 0.1) is 12.3 Å².